The molecule has 0 bridgehead atoms. The fourth-order valence-corrected chi connectivity index (χ4v) is 1.60. The Hall–Kier alpha value is -1.69. The Labute approximate surface area is 89.4 Å². The first-order valence-electron chi connectivity index (χ1n) is 4.26. The average Bonchev–Trinajstić information content (AvgIpc) is 2.52. The van der Waals surface area contributed by atoms with E-state index in [0.29, 0.717) is 11.3 Å². The predicted octanol–water partition coefficient (Wildman–Crippen LogP) is 1.67. The highest BCUT2D eigenvalue weighted by Gasteiger charge is 2.08. The number of aromatic nitrogens is 3. The van der Waals surface area contributed by atoms with Gasteiger partial charge in [0.25, 0.3) is 0 Å². The van der Waals surface area contributed by atoms with Crippen LogP contribution in [0.2, 0.25) is 0 Å². The molecule has 15 heavy (non-hydrogen) atoms. The zero-order chi connectivity index (χ0) is 11.0. The van der Waals surface area contributed by atoms with E-state index in [1.165, 1.54) is 16.7 Å². The highest BCUT2D eigenvalue weighted by atomic mass is 32.1. The lowest BCUT2D eigenvalue weighted by atomic mass is 10.2. The van der Waals surface area contributed by atoms with Crippen LogP contribution in [0.5, 0.6) is 0 Å². The van der Waals surface area contributed by atoms with Crippen LogP contribution in [0.15, 0.2) is 23.0 Å². The van der Waals surface area contributed by atoms with E-state index in [-0.39, 0.29) is 10.6 Å². The molecule has 0 amide bonds. The van der Waals surface area contributed by atoms with Gasteiger partial charge in [-0.25, -0.2) is 18.9 Å². The summed E-state index contributed by atoms with van der Waals surface area (Å²) in [6.45, 7) is 1.60. The smallest absolute Gasteiger partial charge is 0.272 e. The molecule has 0 aliphatic rings. The number of aromatic amines is 2. The van der Waals surface area contributed by atoms with Crippen molar-refractivity contribution in [3.8, 4) is 5.69 Å². The maximum absolute atomic E-state index is 13.3. The zero-order valence-electron chi connectivity index (χ0n) is 7.87. The van der Waals surface area contributed by atoms with E-state index in [0.717, 1.165) is 0 Å². The Morgan fingerprint density at radius 2 is 2.13 bits per heavy atom. The number of H-pyrrole nitrogens is 2. The quantitative estimate of drug-likeness (QED) is 0.725. The topological polar surface area (TPSA) is 53.6 Å². The molecule has 2 N–H and O–H groups in total. The molecular weight excluding hydrogens is 217 g/mol. The third kappa shape index (κ3) is 1.52. The number of benzene rings is 1. The molecule has 1 aromatic carbocycles. The first-order valence-corrected chi connectivity index (χ1v) is 4.67. The van der Waals surface area contributed by atoms with Crippen molar-refractivity contribution >= 4 is 12.2 Å². The molecular formula is C9H8FN3OS. The minimum absolute atomic E-state index is 0.216. The Bertz CT molecular complexity index is 583. The summed E-state index contributed by atoms with van der Waals surface area (Å²) in [6, 6.07) is 4.51. The summed E-state index contributed by atoms with van der Waals surface area (Å²) in [7, 11) is 0. The molecule has 78 valence electrons. The second-order valence-corrected chi connectivity index (χ2v) is 3.47. The molecule has 2 rings (SSSR count). The van der Waals surface area contributed by atoms with Gasteiger partial charge in [-0.15, -0.1) is 0 Å². The van der Waals surface area contributed by atoms with Gasteiger partial charge in [-0.1, -0.05) is 6.07 Å². The molecule has 0 fully saturated rings. The molecule has 1 heterocycles. The molecule has 0 aliphatic heterocycles. The number of hydrogen-bond donors (Lipinski definition) is 2. The minimum atomic E-state index is -0.409. The molecule has 0 spiro atoms. The van der Waals surface area contributed by atoms with Crippen LogP contribution < -0.4 is 5.69 Å². The molecule has 0 atom stereocenters. The van der Waals surface area contributed by atoms with Crippen molar-refractivity contribution in [2.24, 2.45) is 0 Å². The van der Waals surface area contributed by atoms with Gasteiger partial charge in [0, 0.05) is 5.56 Å². The highest BCUT2D eigenvalue weighted by molar-refractivity contribution is 7.71. The largest absolute Gasteiger partial charge is 0.347 e. The first-order chi connectivity index (χ1) is 7.11. The van der Waals surface area contributed by atoms with Crippen LogP contribution >= 0.6 is 12.2 Å². The Morgan fingerprint density at radius 1 is 1.40 bits per heavy atom. The van der Waals surface area contributed by atoms with Gasteiger partial charge in [0.1, 0.15) is 5.82 Å². The Balaban J connectivity index is 2.81. The normalized spacial score (nSPS) is 10.5. The fourth-order valence-electron chi connectivity index (χ4n) is 1.37. The van der Waals surface area contributed by atoms with Gasteiger partial charge in [-0.05, 0) is 31.3 Å². The van der Waals surface area contributed by atoms with Crippen molar-refractivity contribution in [2.75, 3.05) is 0 Å². The summed E-state index contributed by atoms with van der Waals surface area (Å²) in [4.78, 5) is 11.4. The second kappa shape index (κ2) is 3.47. The van der Waals surface area contributed by atoms with Crippen molar-refractivity contribution < 1.29 is 4.39 Å². The van der Waals surface area contributed by atoms with E-state index in [2.05, 4.69) is 10.2 Å². The van der Waals surface area contributed by atoms with Crippen LogP contribution in [0.4, 0.5) is 4.39 Å². The van der Waals surface area contributed by atoms with E-state index in [4.69, 9.17) is 12.2 Å². The van der Waals surface area contributed by atoms with Crippen molar-refractivity contribution in [1.82, 2.24) is 14.8 Å². The minimum Gasteiger partial charge on any atom is -0.272 e. The van der Waals surface area contributed by atoms with Crippen molar-refractivity contribution in [3.63, 3.8) is 0 Å². The van der Waals surface area contributed by atoms with Crippen molar-refractivity contribution in [2.45, 2.75) is 6.92 Å². The molecule has 6 heteroatoms. The summed E-state index contributed by atoms with van der Waals surface area (Å²) in [5.74, 6) is -0.366. The second-order valence-electron chi connectivity index (χ2n) is 3.08. The standard InChI is InChI=1S/C9H8FN3OS/c1-5-6(10)3-2-4-7(5)13-8(14)11-12-9(13)15/h2-4H,1H3,(H,11,14)(H,12,15). The van der Waals surface area contributed by atoms with Gasteiger partial charge in [0.15, 0.2) is 0 Å². The lowest BCUT2D eigenvalue weighted by Crippen LogP contribution is -2.16. The number of nitrogens with one attached hydrogen (secondary N) is 2. The van der Waals surface area contributed by atoms with Crippen molar-refractivity contribution in [1.29, 1.82) is 0 Å². The van der Waals surface area contributed by atoms with Gasteiger partial charge < -0.3 is 0 Å². The summed E-state index contributed by atoms with van der Waals surface area (Å²) in [6.07, 6.45) is 0. The van der Waals surface area contributed by atoms with Gasteiger partial charge in [0.2, 0.25) is 4.77 Å². The maximum Gasteiger partial charge on any atom is 0.347 e. The molecule has 1 aromatic heterocycles. The molecule has 0 aliphatic carbocycles. The molecule has 2 aromatic rings. The van der Waals surface area contributed by atoms with E-state index in [9.17, 15) is 9.18 Å². The fraction of sp³-hybridized carbons (Fsp3) is 0.111. The first kappa shape index (κ1) is 9.85. The lowest BCUT2D eigenvalue weighted by molar-refractivity contribution is 0.616. The third-order valence-corrected chi connectivity index (χ3v) is 2.45. The predicted molar refractivity (Wildman–Crippen MR) is 56.3 cm³/mol. The molecule has 0 saturated heterocycles. The molecule has 0 unspecified atom stereocenters. The summed E-state index contributed by atoms with van der Waals surface area (Å²) in [5, 5.41) is 4.84. The Morgan fingerprint density at radius 3 is 2.73 bits per heavy atom. The molecule has 0 saturated carbocycles. The zero-order valence-corrected chi connectivity index (χ0v) is 8.69. The summed E-state index contributed by atoms with van der Waals surface area (Å²) >= 11 is 4.91. The Kier molecular flexibility index (Phi) is 2.28. The summed E-state index contributed by atoms with van der Waals surface area (Å²) < 4.78 is 14.7. The van der Waals surface area contributed by atoms with Crippen LogP contribution in [0.1, 0.15) is 5.56 Å². The monoisotopic (exact) mass is 225 g/mol. The third-order valence-electron chi connectivity index (χ3n) is 2.16. The van der Waals surface area contributed by atoms with E-state index in [1.807, 2.05) is 0 Å². The maximum atomic E-state index is 13.3. The average molecular weight is 225 g/mol. The van der Waals surface area contributed by atoms with Gasteiger partial charge in [-0.3, -0.25) is 5.10 Å². The van der Waals surface area contributed by atoms with E-state index in [1.54, 1.807) is 13.0 Å². The number of hydrogen-bond acceptors (Lipinski definition) is 2. The number of halogens is 1. The number of nitrogens with zero attached hydrogens (tertiary/aromatic N) is 1. The highest BCUT2D eigenvalue weighted by Crippen LogP contribution is 2.14. The molecule has 4 nitrogen and oxygen atoms in total. The van der Waals surface area contributed by atoms with Gasteiger partial charge >= 0.3 is 5.69 Å². The van der Waals surface area contributed by atoms with Crippen LogP contribution in [0, 0.1) is 17.5 Å². The number of rotatable bonds is 1. The summed E-state index contributed by atoms with van der Waals surface area (Å²) in [5.41, 5.74) is 0.426. The molecule has 0 radical (unpaired) electrons. The van der Waals surface area contributed by atoms with E-state index >= 15 is 0 Å². The van der Waals surface area contributed by atoms with Crippen LogP contribution in [0.3, 0.4) is 0 Å². The lowest BCUT2D eigenvalue weighted by Gasteiger charge is -2.05. The van der Waals surface area contributed by atoms with Gasteiger partial charge in [0.05, 0.1) is 5.69 Å². The van der Waals surface area contributed by atoms with E-state index < -0.39 is 5.69 Å². The van der Waals surface area contributed by atoms with Crippen LogP contribution in [-0.2, 0) is 0 Å². The van der Waals surface area contributed by atoms with Gasteiger partial charge in [-0.2, -0.15) is 0 Å². The SMILES string of the molecule is Cc1c(F)cccc1-n1c(=O)[nH][nH]c1=S. The van der Waals surface area contributed by atoms with Crippen LogP contribution in [-0.4, -0.2) is 14.8 Å². The van der Waals surface area contributed by atoms with Crippen molar-refractivity contribution in [3.05, 3.63) is 44.8 Å². The van der Waals surface area contributed by atoms with Crippen LogP contribution in [0.25, 0.3) is 5.69 Å².